The molecule has 0 spiro atoms. The van der Waals surface area contributed by atoms with Crippen molar-refractivity contribution >= 4 is 5.97 Å². The summed E-state index contributed by atoms with van der Waals surface area (Å²) < 4.78 is 5.71. The Morgan fingerprint density at radius 1 is 1.47 bits per heavy atom. The van der Waals surface area contributed by atoms with Gasteiger partial charge in [-0.3, -0.25) is 4.79 Å². The van der Waals surface area contributed by atoms with Gasteiger partial charge >= 0.3 is 5.97 Å². The van der Waals surface area contributed by atoms with Crippen molar-refractivity contribution in [2.24, 2.45) is 11.3 Å². The molecular weight excluding hydrogens is 216 g/mol. The van der Waals surface area contributed by atoms with Crippen LogP contribution in [0.5, 0.6) is 5.75 Å². The second-order valence-corrected chi connectivity index (χ2v) is 5.38. The van der Waals surface area contributed by atoms with Crippen LogP contribution in [-0.2, 0) is 11.2 Å². The van der Waals surface area contributed by atoms with Crippen LogP contribution in [0.3, 0.4) is 0 Å². The van der Waals surface area contributed by atoms with E-state index < -0.39 is 5.97 Å². The van der Waals surface area contributed by atoms with E-state index in [-0.39, 0.29) is 17.8 Å². The summed E-state index contributed by atoms with van der Waals surface area (Å²) in [4.78, 5) is 10.9. The lowest BCUT2D eigenvalue weighted by Crippen LogP contribution is -2.35. The minimum absolute atomic E-state index is 0.184. The summed E-state index contributed by atoms with van der Waals surface area (Å²) in [6.07, 6.45) is 1.08. The third-order valence-electron chi connectivity index (χ3n) is 3.59. The number of rotatable bonds is 3. The monoisotopic (exact) mass is 234 g/mol. The van der Waals surface area contributed by atoms with Crippen LogP contribution in [0, 0.1) is 11.3 Å². The molecule has 1 aliphatic rings. The fourth-order valence-corrected chi connectivity index (χ4v) is 2.36. The lowest BCUT2D eigenvalue weighted by molar-refractivity contribution is -0.140. The number of benzene rings is 1. The van der Waals surface area contributed by atoms with Crippen molar-refractivity contribution in [1.29, 1.82) is 0 Å². The molecule has 17 heavy (non-hydrogen) atoms. The summed E-state index contributed by atoms with van der Waals surface area (Å²) in [6, 6.07) is 7.98. The molecule has 1 unspecified atom stereocenters. The molecule has 1 heterocycles. The summed E-state index contributed by atoms with van der Waals surface area (Å²) in [7, 11) is 0. The van der Waals surface area contributed by atoms with E-state index in [9.17, 15) is 4.79 Å². The van der Waals surface area contributed by atoms with E-state index in [1.807, 2.05) is 32.0 Å². The Morgan fingerprint density at radius 3 is 2.88 bits per heavy atom. The lowest BCUT2D eigenvalue weighted by atomic mass is 9.73. The largest absolute Gasteiger partial charge is 0.493 e. The number of hydrogen-bond acceptors (Lipinski definition) is 2. The van der Waals surface area contributed by atoms with Crippen LogP contribution in [0.25, 0.3) is 0 Å². The average Bonchev–Trinajstić information content (AvgIpc) is 2.26. The molecule has 92 valence electrons. The smallest absolute Gasteiger partial charge is 0.303 e. The summed E-state index contributed by atoms with van der Waals surface area (Å²) in [5.41, 5.74) is 0.946. The predicted molar refractivity (Wildman–Crippen MR) is 65.2 cm³/mol. The predicted octanol–water partition coefficient (Wildman–Crippen LogP) is 2.74. The summed E-state index contributed by atoms with van der Waals surface area (Å²) in [5.74, 6) is 0.456. The van der Waals surface area contributed by atoms with Gasteiger partial charge in [0.1, 0.15) is 5.75 Å². The number of para-hydroxylation sites is 1. The van der Waals surface area contributed by atoms with E-state index in [0.29, 0.717) is 6.61 Å². The molecule has 3 heteroatoms. The first-order chi connectivity index (χ1) is 7.99. The average molecular weight is 234 g/mol. The molecule has 0 aliphatic carbocycles. The number of hydrogen-bond donors (Lipinski definition) is 1. The third-order valence-corrected chi connectivity index (χ3v) is 3.59. The van der Waals surface area contributed by atoms with Gasteiger partial charge in [0, 0.05) is 5.92 Å². The quantitative estimate of drug-likeness (QED) is 0.874. The van der Waals surface area contributed by atoms with Crippen molar-refractivity contribution in [3.05, 3.63) is 29.8 Å². The maximum Gasteiger partial charge on any atom is 0.303 e. The lowest BCUT2D eigenvalue weighted by Gasteiger charge is -2.36. The molecule has 0 saturated carbocycles. The molecule has 0 radical (unpaired) electrons. The first-order valence-corrected chi connectivity index (χ1v) is 5.91. The number of carboxylic acid groups (broad SMARTS) is 1. The van der Waals surface area contributed by atoms with Gasteiger partial charge in [0.25, 0.3) is 0 Å². The molecule has 1 aliphatic heterocycles. The fourth-order valence-electron chi connectivity index (χ4n) is 2.36. The van der Waals surface area contributed by atoms with E-state index in [1.54, 1.807) is 0 Å². The maximum atomic E-state index is 10.9. The van der Waals surface area contributed by atoms with Crippen LogP contribution >= 0.6 is 0 Å². The summed E-state index contributed by atoms with van der Waals surface area (Å²) >= 11 is 0. The second-order valence-electron chi connectivity index (χ2n) is 5.38. The van der Waals surface area contributed by atoms with Crippen molar-refractivity contribution in [3.8, 4) is 5.75 Å². The highest BCUT2D eigenvalue weighted by molar-refractivity contribution is 5.67. The zero-order valence-electron chi connectivity index (χ0n) is 10.3. The van der Waals surface area contributed by atoms with Crippen LogP contribution in [0.15, 0.2) is 24.3 Å². The molecule has 1 N–H and O–H groups in total. The Hall–Kier alpha value is -1.51. The molecule has 0 aromatic heterocycles. The standard InChI is InChI=1S/C14H18O3/c1-14(2,8-13(15)16)11-7-10-5-3-4-6-12(10)17-9-11/h3-6,11H,7-9H2,1-2H3,(H,15,16). The third kappa shape index (κ3) is 2.60. The summed E-state index contributed by atoms with van der Waals surface area (Å²) in [6.45, 7) is 4.61. The van der Waals surface area contributed by atoms with Gasteiger partial charge in [-0.25, -0.2) is 0 Å². The molecule has 2 rings (SSSR count). The van der Waals surface area contributed by atoms with Gasteiger partial charge in [0.05, 0.1) is 13.0 Å². The number of carboxylic acids is 1. The molecule has 1 aromatic rings. The molecule has 3 nitrogen and oxygen atoms in total. The Kier molecular flexibility index (Phi) is 3.09. The number of carbonyl (C=O) groups is 1. The van der Waals surface area contributed by atoms with Crippen LogP contribution in [0.2, 0.25) is 0 Å². The molecule has 1 atom stereocenters. The van der Waals surface area contributed by atoms with Gasteiger partial charge in [0.15, 0.2) is 0 Å². The van der Waals surface area contributed by atoms with Crippen molar-refractivity contribution in [1.82, 2.24) is 0 Å². The van der Waals surface area contributed by atoms with Gasteiger partial charge in [-0.1, -0.05) is 32.0 Å². The Labute approximate surface area is 101 Å². The van der Waals surface area contributed by atoms with Gasteiger partial charge in [-0.15, -0.1) is 0 Å². The molecule has 0 fully saturated rings. The Balaban J connectivity index is 2.14. The van der Waals surface area contributed by atoms with Crippen LogP contribution < -0.4 is 4.74 Å². The fraction of sp³-hybridized carbons (Fsp3) is 0.500. The van der Waals surface area contributed by atoms with Crippen LogP contribution in [0.4, 0.5) is 0 Å². The second kappa shape index (κ2) is 4.40. The Morgan fingerprint density at radius 2 is 2.18 bits per heavy atom. The topological polar surface area (TPSA) is 46.5 Å². The number of fused-ring (bicyclic) bond motifs is 1. The molecule has 0 saturated heterocycles. The summed E-state index contributed by atoms with van der Waals surface area (Å²) in [5, 5.41) is 8.93. The maximum absolute atomic E-state index is 10.9. The zero-order chi connectivity index (χ0) is 12.5. The number of ether oxygens (including phenoxy) is 1. The van der Waals surface area contributed by atoms with Crippen molar-refractivity contribution in [3.63, 3.8) is 0 Å². The van der Waals surface area contributed by atoms with Crippen LogP contribution in [0.1, 0.15) is 25.8 Å². The SMILES string of the molecule is CC(C)(CC(=O)O)C1COc2ccccc2C1. The van der Waals surface area contributed by atoms with Gasteiger partial charge in [-0.05, 0) is 23.5 Å². The normalized spacial score (nSPS) is 19.3. The number of aliphatic carboxylic acids is 1. The van der Waals surface area contributed by atoms with Crippen molar-refractivity contribution in [2.75, 3.05) is 6.61 Å². The van der Waals surface area contributed by atoms with E-state index in [0.717, 1.165) is 12.2 Å². The minimum atomic E-state index is -0.742. The van der Waals surface area contributed by atoms with E-state index >= 15 is 0 Å². The Bertz CT molecular complexity index is 423. The zero-order valence-corrected chi connectivity index (χ0v) is 10.3. The highest BCUT2D eigenvalue weighted by Crippen LogP contribution is 2.38. The van der Waals surface area contributed by atoms with Crippen molar-refractivity contribution in [2.45, 2.75) is 26.7 Å². The van der Waals surface area contributed by atoms with E-state index in [4.69, 9.17) is 9.84 Å². The molecule has 0 amide bonds. The first-order valence-electron chi connectivity index (χ1n) is 5.91. The molecular formula is C14H18O3. The minimum Gasteiger partial charge on any atom is -0.493 e. The van der Waals surface area contributed by atoms with Gasteiger partial charge in [0.2, 0.25) is 0 Å². The molecule has 0 bridgehead atoms. The van der Waals surface area contributed by atoms with E-state index in [2.05, 4.69) is 6.07 Å². The highest BCUT2D eigenvalue weighted by Gasteiger charge is 2.35. The van der Waals surface area contributed by atoms with Crippen molar-refractivity contribution < 1.29 is 14.6 Å². The first kappa shape index (κ1) is 12.0. The van der Waals surface area contributed by atoms with E-state index in [1.165, 1.54) is 5.56 Å². The van der Waals surface area contributed by atoms with Gasteiger partial charge in [-0.2, -0.15) is 0 Å². The highest BCUT2D eigenvalue weighted by atomic mass is 16.5. The van der Waals surface area contributed by atoms with Gasteiger partial charge < -0.3 is 9.84 Å². The molecule has 1 aromatic carbocycles. The van der Waals surface area contributed by atoms with Crippen LogP contribution in [-0.4, -0.2) is 17.7 Å².